The van der Waals surface area contributed by atoms with E-state index in [1.807, 2.05) is 0 Å². The Hall–Kier alpha value is -0.160. The second kappa shape index (κ2) is 9.32. The molecule has 3 aliphatic rings. The van der Waals surface area contributed by atoms with Crippen molar-refractivity contribution in [2.75, 3.05) is 39.3 Å². The number of hydrogen-bond acceptors (Lipinski definition) is 4. The quantitative estimate of drug-likeness (QED) is 0.676. The summed E-state index contributed by atoms with van der Waals surface area (Å²) in [5, 5.41) is 0. The van der Waals surface area contributed by atoms with Crippen LogP contribution in [0.2, 0.25) is 0 Å². The normalized spacial score (nSPS) is 34.7. The van der Waals surface area contributed by atoms with E-state index in [9.17, 15) is 0 Å². The van der Waals surface area contributed by atoms with E-state index in [4.69, 9.17) is 4.74 Å². The minimum absolute atomic E-state index is 0.332. The fourth-order valence-corrected chi connectivity index (χ4v) is 5.56. The first-order valence-corrected chi connectivity index (χ1v) is 12.0. The second-order valence-electron chi connectivity index (χ2n) is 11.2. The Balaban J connectivity index is 1.39. The van der Waals surface area contributed by atoms with Gasteiger partial charge in [0.05, 0.1) is 12.2 Å². The highest BCUT2D eigenvalue weighted by atomic mass is 16.5. The van der Waals surface area contributed by atoms with Crippen LogP contribution >= 0.6 is 0 Å². The molecule has 0 aromatic carbocycles. The summed E-state index contributed by atoms with van der Waals surface area (Å²) in [7, 11) is 0. The number of ether oxygens (including phenoxy) is 1. The van der Waals surface area contributed by atoms with Gasteiger partial charge >= 0.3 is 0 Å². The van der Waals surface area contributed by atoms with Crippen LogP contribution in [0.4, 0.5) is 0 Å². The first-order valence-electron chi connectivity index (χ1n) is 12.0. The molecule has 0 spiro atoms. The third-order valence-corrected chi connectivity index (χ3v) is 7.73. The number of rotatable bonds is 6. The molecule has 1 saturated carbocycles. The maximum atomic E-state index is 5.95. The number of hydrogen-bond donors (Lipinski definition) is 0. The van der Waals surface area contributed by atoms with E-state index < -0.39 is 0 Å². The summed E-state index contributed by atoms with van der Waals surface area (Å²) in [6.45, 7) is 24.0. The summed E-state index contributed by atoms with van der Waals surface area (Å²) < 4.78 is 5.95. The van der Waals surface area contributed by atoms with Crippen LogP contribution < -0.4 is 0 Å². The van der Waals surface area contributed by atoms with Crippen LogP contribution in [0.5, 0.6) is 0 Å². The monoisotopic (exact) mass is 393 g/mol. The highest BCUT2D eigenvalue weighted by molar-refractivity contribution is 4.92. The summed E-state index contributed by atoms with van der Waals surface area (Å²) >= 11 is 0. The predicted molar refractivity (Wildman–Crippen MR) is 119 cm³/mol. The molecule has 0 aromatic rings. The molecular formula is C24H47N3O. The van der Waals surface area contributed by atoms with Crippen molar-refractivity contribution >= 4 is 0 Å². The van der Waals surface area contributed by atoms with Gasteiger partial charge in [-0.3, -0.25) is 14.7 Å². The SMILES string of the molecule is CC(C)O[C@H]1C[C@H](CN2CCN(CC3CCN(C(C)(C)C)CC3)C(C)C2C)C1. The molecule has 164 valence electrons. The Kier molecular flexibility index (Phi) is 7.50. The second-order valence-corrected chi connectivity index (χ2v) is 11.2. The molecule has 2 aliphatic heterocycles. The number of piperazine rings is 1. The number of likely N-dealkylation sites (tertiary alicyclic amines) is 1. The van der Waals surface area contributed by atoms with Crippen LogP contribution in [0.25, 0.3) is 0 Å². The Morgan fingerprint density at radius 2 is 1.32 bits per heavy atom. The maximum absolute atomic E-state index is 5.95. The molecule has 2 atom stereocenters. The van der Waals surface area contributed by atoms with Crippen molar-refractivity contribution in [3.63, 3.8) is 0 Å². The molecule has 0 amide bonds. The number of piperidine rings is 1. The first-order chi connectivity index (χ1) is 13.1. The number of nitrogens with zero attached hydrogens (tertiary/aromatic N) is 3. The van der Waals surface area contributed by atoms with Crippen molar-refractivity contribution in [2.45, 2.75) is 104 Å². The minimum atomic E-state index is 0.332. The molecule has 2 heterocycles. The van der Waals surface area contributed by atoms with Crippen LogP contribution in [-0.4, -0.2) is 83.8 Å². The smallest absolute Gasteiger partial charge is 0.0584 e. The van der Waals surface area contributed by atoms with E-state index in [1.165, 1.54) is 65.0 Å². The Labute approximate surface area is 175 Å². The molecule has 2 unspecified atom stereocenters. The summed E-state index contributed by atoms with van der Waals surface area (Å²) in [6, 6.07) is 1.35. The zero-order valence-electron chi connectivity index (χ0n) is 19.8. The summed E-state index contributed by atoms with van der Waals surface area (Å²) in [6.07, 6.45) is 6.19. The highest BCUT2D eigenvalue weighted by Gasteiger charge is 2.37. The van der Waals surface area contributed by atoms with Gasteiger partial charge in [-0.15, -0.1) is 0 Å². The Morgan fingerprint density at radius 1 is 0.821 bits per heavy atom. The van der Waals surface area contributed by atoms with Gasteiger partial charge in [-0.05, 0) is 99.1 Å². The molecule has 28 heavy (non-hydrogen) atoms. The van der Waals surface area contributed by atoms with E-state index in [0.717, 1.165) is 11.8 Å². The molecule has 0 N–H and O–H groups in total. The Morgan fingerprint density at radius 3 is 1.79 bits per heavy atom. The summed E-state index contributed by atoms with van der Waals surface area (Å²) in [5.74, 6) is 1.74. The molecule has 0 aromatic heterocycles. The van der Waals surface area contributed by atoms with E-state index in [-0.39, 0.29) is 0 Å². The molecule has 4 heteroatoms. The van der Waals surface area contributed by atoms with Gasteiger partial charge in [0.15, 0.2) is 0 Å². The molecular weight excluding hydrogens is 346 g/mol. The van der Waals surface area contributed by atoms with Gasteiger partial charge in [-0.25, -0.2) is 0 Å². The lowest BCUT2D eigenvalue weighted by atomic mass is 9.81. The van der Waals surface area contributed by atoms with E-state index in [2.05, 4.69) is 63.2 Å². The molecule has 0 bridgehead atoms. The molecule has 3 rings (SSSR count). The largest absolute Gasteiger partial charge is 0.376 e. The fourth-order valence-electron chi connectivity index (χ4n) is 5.56. The van der Waals surface area contributed by atoms with Crippen molar-refractivity contribution in [1.29, 1.82) is 0 Å². The van der Waals surface area contributed by atoms with Gasteiger partial charge in [0.2, 0.25) is 0 Å². The zero-order valence-corrected chi connectivity index (χ0v) is 19.8. The Bertz CT molecular complexity index is 475. The molecule has 2 saturated heterocycles. The van der Waals surface area contributed by atoms with Crippen molar-refractivity contribution in [3.05, 3.63) is 0 Å². The van der Waals surface area contributed by atoms with Gasteiger partial charge in [0, 0.05) is 43.8 Å². The summed E-state index contributed by atoms with van der Waals surface area (Å²) in [4.78, 5) is 8.23. The van der Waals surface area contributed by atoms with E-state index in [1.54, 1.807) is 0 Å². The predicted octanol–water partition coefficient (Wildman–Crippen LogP) is 4.10. The van der Waals surface area contributed by atoms with E-state index in [0.29, 0.717) is 29.8 Å². The highest BCUT2D eigenvalue weighted by Crippen LogP contribution is 2.33. The van der Waals surface area contributed by atoms with Crippen molar-refractivity contribution < 1.29 is 4.74 Å². The topological polar surface area (TPSA) is 19.0 Å². The van der Waals surface area contributed by atoms with Gasteiger partial charge < -0.3 is 4.74 Å². The average molecular weight is 394 g/mol. The van der Waals surface area contributed by atoms with E-state index >= 15 is 0 Å². The van der Waals surface area contributed by atoms with Crippen LogP contribution in [-0.2, 0) is 4.74 Å². The van der Waals surface area contributed by atoms with Crippen molar-refractivity contribution in [1.82, 2.24) is 14.7 Å². The van der Waals surface area contributed by atoms with Gasteiger partial charge in [0.1, 0.15) is 0 Å². The van der Waals surface area contributed by atoms with Crippen LogP contribution in [0.1, 0.15) is 74.1 Å². The zero-order chi connectivity index (χ0) is 20.5. The third kappa shape index (κ3) is 5.71. The maximum Gasteiger partial charge on any atom is 0.0584 e. The molecule has 3 fully saturated rings. The van der Waals surface area contributed by atoms with Crippen LogP contribution in [0, 0.1) is 11.8 Å². The third-order valence-electron chi connectivity index (χ3n) is 7.73. The van der Waals surface area contributed by atoms with Gasteiger partial charge in [0.25, 0.3) is 0 Å². The van der Waals surface area contributed by atoms with Gasteiger partial charge in [-0.2, -0.15) is 0 Å². The average Bonchev–Trinajstić information content (AvgIpc) is 2.58. The molecule has 0 radical (unpaired) electrons. The van der Waals surface area contributed by atoms with Gasteiger partial charge in [-0.1, -0.05) is 0 Å². The minimum Gasteiger partial charge on any atom is -0.376 e. The first kappa shape index (κ1) is 22.5. The van der Waals surface area contributed by atoms with Crippen LogP contribution in [0.15, 0.2) is 0 Å². The molecule has 1 aliphatic carbocycles. The fraction of sp³-hybridized carbons (Fsp3) is 1.00. The van der Waals surface area contributed by atoms with Crippen molar-refractivity contribution in [3.8, 4) is 0 Å². The lowest BCUT2D eigenvalue weighted by Gasteiger charge is -2.49. The standard InChI is InChI=1S/C24H47N3O/c1-18(2)28-23-14-22(15-23)17-26-13-12-25(19(3)20(26)4)16-21-8-10-27(11-9-21)24(5,6)7/h18-23H,8-17H2,1-7H3/t19?,20?,22-,23-. The van der Waals surface area contributed by atoms with Crippen LogP contribution in [0.3, 0.4) is 0 Å². The lowest BCUT2D eigenvalue weighted by Crippen LogP contribution is -2.60. The lowest BCUT2D eigenvalue weighted by molar-refractivity contribution is -0.0770. The summed E-state index contributed by atoms with van der Waals surface area (Å²) in [5.41, 5.74) is 0.332. The molecule has 4 nitrogen and oxygen atoms in total. The van der Waals surface area contributed by atoms with Crippen molar-refractivity contribution in [2.24, 2.45) is 11.8 Å².